The van der Waals surface area contributed by atoms with Gasteiger partial charge in [-0.15, -0.1) is 0 Å². The second-order valence-electron chi connectivity index (χ2n) is 7.44. The van der Waals surface area contributed by atoms with Gasteiger partial charge in [0.2, 0.25) is 0 Å². The van der Waals surface area contributed by atoms with Gasteiger partial charge >= 0.3 is 0 Å². The Morgan fingerprint density at radius 2 is 1.97 bits per heavy atom. The predicted molar refractivity (Wildman–Crippen MR) is 112 cm³/mol. The predicted octanol–water partition coefficient (Wildman–Crippen LogP) is 1.92. The summed E-state index contributed by atoms with van der Waals surface area (Å²) in [6, 6.07) is 7.51. The fourth-order valence-corrected chi connectivity index (χ4v) is 3.90. The third kappa shape index (κ3) is 3.63. The Kier molecular flexibility index (Phi) is 5.22. The normalized spacial score (nSPS) is 15.4. The lowest BCUT2D eigenvalue weighted by Gasteiger charge is -2.14. The van der Waals surface area contributed by atoms with Gasteiger partial charge in [-0.1, -0.05) is 17.7 Å². The molecule has 154 valence electrons. The van der Waals surface area contributed by atoms with Gasteiger partial charge in [0.15, 0.2) is 0 Å². The van der Waals surface area contributed by atoms with Crippen molar-refractivity contribution in [2.24, 2.45) is 0 Å². The molecule has 0 spiro atoms. The number of anilines is 1. The smallest absolute Gasteiger partial charge is 0.262 e. The largest absolute Gasteiger partial charge is 0.384 e. The minimum Gasteiger partial charge on any atom is -0.384 e. The molecule has 4 N–H and O–H groups in total. The van der Waals surface area contributed by atoms with Crippen LogP contribution in [0, 0.1) is 0 Å². The van der Waals surface area contributed by atoms with E-state index < -0.39 is 17.4 Å². The first-order valence-corrected chi connectivity index (χ1v) is 9.93. The van der Waals surface area contributed by atoms with Crippen LogP contribution < -0.4 is 21.9 Å². The highest BCUT2D eigenvalue weighted by Crippen LogP contribution is 2.23. The number of fused-ring (bicyclic) bond motifs is 1. The second kappa shape index (κ2) is 7.98. The van der Waals surface area contributed by atoms with E-state index in [2.05, 4.69) is 16.7 Å². The molecule has 30 heavy (non-hydrogen) atoms. The van der Waals surface area contributed by atoms with Crippen molar-refractivity contribution in [3.63, 3.8) is 0 Å². The molecule has 0 unspecified atom stereocenters. The fourth-order valence-electron chi connectivity index (χ4n) is 3.90. The van der Waals surface area contributed by atoms with Crippen molar-refractivity contribution < 1.29 is 14.4 Å². The van der Waals surface area contributed by atoms with Gasteiger partial charge in [0.25, 0.3) is 23.3 Å². The Labute approximate surface area is 172 Å². The molecule has 0 saturated carbocycles. The van der Waals surface area contributed by atoms with E-state index >= 15 is 0 Å². The Morgan fingerprint density at radius 3 is 2.73 bits per heavy atom. The van der Waals surface area contributed by atoms with Crippen molar-refractivity contribution in [3.8, 4) is 5.69 Å². The summed E-state index contributed by atoms with van der Waals surface area (Å²) < 4.78 is 1.13. The van der Waals surface area contributed by atoms with Gasteiger partial charge in [0.1, 0.15) is 5.82 Å². The van der Waals surface area contributed by atoms with Crippen LogP contribution in [-0.4, -0.2) is 28.8 Å². The van der Waals surface area contributed by atoms with Gasteiger partial charge in [-0.25, -0.2) is 0 Å². The average molecular weight is 406 g/mol. The number of nitrogens with zero attached hydrogens (tertiary/aromatic N) is 1. The number of benzene rings is 1. The zero-order valence-corrected chi connectivity index (χ0v) is 16.4. The highest BCUT2D eigenvalue weighted by molar-refractivity contribution is 6.23. The van der Waals surface area contributed by atoms with Crippen LogP contribution in [0.4, 0.5) is 5.82 Å². The molecule has 0 bridgehead atoms. The first-order valence-electron chi connectivity index (χ1n) is 9.93. The number of aromatic nitrogens is 1. The molecule has 0 fully saturated rings. The van der Waals surface area contributed by atoms with Crippen LogP contribution in [0.25, 0.3) is 5.69 Å². The molecule has 1 aromatic carbocycles. The highest BCUT2D eigenvalue weighted by atomic mass is 16.2. The quantitative estimate of drug-likeness (QED) is 0.517. The van der Waals surface area contributed by atoms with Crippen molar-refractivity contribution in [3.05, 3.63) is 69.0 Å². The van der Waals surface area contributed by atoms with E-state index in [9.17, 15) is 19.2 Å². The van der Waals surface area contributed by atoms with Gasteiger partial charge in [-0.2, -0.15) is 0 Å². The third-order valence-electron chi connectivity index (χ3n) is 5.44. The Hall–Kier alpha value is -3.68. The molecule has 4 rings (SSSR count). The van der Waals surface area contributed by atoms with Crippen molar-refractivity contribution in [1.29, 1.82) is 0 Å². The van der Waals surface area contributed by atoms with Crippen molar-refractivity contribution in [2.75, 3.05) is 12.3 Å². The number of imide groups is 1. The van der Waals surface area contributed by atoms with E-state index in [0.717, 1.165) is 29.9 Å². The van der Waals surface area contributed by atoms with Gasteiger partial charge in [0, 0.05) is 18.2 Å². The van der Waals surface area contributed by atoms with Crippen LogP contribution >= 0.6 is 0 Å². The summed E-state index contributed by atoms with van der Waals surface area (Å²) in [6.45, 7) is 0.540. The van der Waals surface area contributed by atoms with E-state index in [1.165, 1.54) is 24.5 Å². The molecule has 2 heterocycles. The number of pyridine rings is 1. The summed E-state index contributed by atoms with van der Waals surface area (Å²) in [4.78, 5) is 48.9. The molecule has 3 amide bonds. The van der Waals surface area contributed by atoms with Gasteiger partial charge in [-0.3, -0.25) is 29.1 Å². The van der Waals surface area contributed by atoms with Crippen LogP contribution in [0.2, 0.25) is 0 Å². The zero-order chi connectivity index (χ0) is 21.3. The molecule has 2 aromatic rings. The number of amides is 3. The number of carbonyl (C=O) groups is 3. The summed E-state index contributed by atoms with van der Waals surface area (Å²) in [5.41, 5.74) is 7.52. The number of nitrogens with two attached hydrogens (primary N) is 1. The molecule has 0 saturated heterocycles. The Bertz CT molecular complexity index is 1150. The average Bonchev–Trinajstić information content (AvgIpc) is 3.02. The molecule has 8 heteroatoms. The van der Waals surface area contributed by atoms with E-state index in [4.69, 9.17) is 5.73 Å². The molecule has 1 aliphatic carbocycles. The van der Waals surface area contributed by atoms with Gasteiger partial charge < -0.3 is 11.1 Å². The maximum Gasteiger partial charge on any atom is 0.262 e. The van der Waals surface area contributed by atoms with Crippen LogP contribution in [0.15, 0.2) is 46.8 Å². The first kappa shape index (κ1) is 19.6. The van der Waals surface area contributed by atoms with E-state index in [1.807, 2.05) is 0 Å². The minimum absolute atomic E-state index is 0.0322. The lowest BCUT2D eigenvalue weighted by atomic mass is 9.97. The van der Waals surface area contributed by atoms with Crippen LogP contribution in [0.5, 0.6) is 0 Å². The molecule has 2 aliphatic rings. The van der Waals surface area contributed by atoms with Crippen molar-refractivity contribution in [1.82, 2.24) is 15.2 Å². The topological polar surface area (TPSA) is 123 Å². The Morgan fingerprint density at radius 1 is 1.13 bits per heavy atom. The number of nitrogen functional groups attached to an aromatic ring is 1. The number of hydrogen-bond acceptors (Lipinski definition) is 5. The number of nitrogens with one attached hydrogen (secondary N) is 2. The molecule has 0 atom stereocenters. The molecule has 8 nitrogen and oxygen atoms in total. The van der Waals surface area contributed by atoms with Crippen LogP contribution in [0.3, 0.4) is 0 Å². The van der Waals surface area contributed by atoms with Crippen LogP contribution in [0.1, 0.15) is 63.2 Å². The summed E-state index contributed by atoms with van der Waals surface area (Å²) in [6.07, 6.45) is 7.69. The van der Waals surface area contributed by atoms with E-state index in [1.54, 1.807) is 18.2 Å². The molecule has 0 radical (unpaired) electrons. The van der Waals surface area contributed by atoms with Gasteiger partial charge in [-0.05, 0) is 50.3 Å². The number of allylic oxidation sites excluding steroid dienone is 1. The third-order valence-corrected chi connectivity index (χ3v) is 5.44. The summed E-state index contributed by atoms with van der Waals surface area (Å²) in [5, 5.41) is 5.03. The SMILES string of the molecule is Nc1c2c(cc(=O)n1-c1cccc(C(=O)NCCC3=CCCCC3)c1)C(=O)NC2=O. The monoisotopic (exact) mass is 406 g/mol. The maximum absolute atomic E-state index is 12.6. The highest BCUT2D eigenvalue weighted by Gasteiger charge is 2.31. The number of hydrogen-bond donors (Lipinski definition) is 3. The number of rotatable bonds is 5. The Balaban J connectivity index is 1.57. The summed E-state index contributed by atoms with van der Waals surface area (Å²) in [7, 11) is 0. The van der Waals surface area contributed by atoms with Crippen LogP contribution in [-0.2, 0) is 0 Å². The zero-order valence-electron chi connectivity index (χ0n) is 16.4. The molecule has 1 aliphatic heterocycles. The fraction of sp³-hybridized carbons (Fsp3) is 0.273. The minimum atomic E-state index is -0.646. The maximum atomic E-state index is 12.6. The summed E-state index contributed by atoms with van der Waals surface area (Å²) in [5.74, 6) is -1.68. The molecular weight excluding hydrogens is 384 g/mol. The second-order valence-corrected chi connectivity index (χ2v) is 7.44. The lowest BCUT2D eigenvalue weighted by Crippen LogP contribution is -2.26. The molecule has 1 aromatic heterocycles. The van der Waals surface area contributed by atoms with Gasteiger partial charge in [0.05, 0.1) is 16.8 Å². The van der Waals surface area contributed by atoms with Crippen molar-refractivity contribution >= 4 is 23.5 Å². The first-order chi connectivity index (χ1) is 14.5. The summed E-state index contributed by atoms with van der Waals surface area (Å²) >= 11 is 0. The standard InChI is InChI=1S/C22H22N4O4/c23-19-18-16(21(29)25-22(18)30)12-17(27)26(19)15-8-4-7-14(11-15)20(28)24-10-9-13-5-2-1-3-6-13/h4-5,7-8,11-12H,1-3,6,9-10,23H2,(H,24,28)(H,25,29,30). The van der Waals surface area contributed by atoms with E-state index in [-0.39, 0.29) is 22.9 Å². The van der Waals surface area contributed by atoms with E-state index in [0.29, 0.717) is 17.8 Å². The molecular formula is C22H22N4O4. The number of carbonyl (C=O) groups excluding carboxylic acids is 3. The lowest BCUT2D eigenvalue weighted by molar-refractivity contribution is 0.0878. The van der Waals surface area contributed by atoms with Crippen molar-refractivity contribution in [2.45, 2.75) is 32.1 Å².